The molecule has 3 nitrogen and oxygen atoms in total. The number of carbonyl (C=O) groups is 2. The molecule has 0 radical (unpaired) electrons. The van der Waals surface area contributed by atoms with Crippen molar-refractivity contribution < 1.29 is 14.3 Å². The van der Waals surface area contributed by atoms with Crippen LogP contribution in [0.5, 0.6) is 0 Å². The van der Waals surface area contributed by atoms with Crippen LogP contribution in [0.2, 0.25) is 0 Å². The summed E-state index contributed by atoms with van der Waals surface area (Å²) in [6.45, 7) is 8.01. The second kappa shape index (κ2) is 4.79. The fourth-order valence-corrected chi connectivity index (χ4v) is 2.93. The van der Waals surface area contributed by atoms with Gasteiger partial charge in [-0.2, -0.15) is 0 Å². The Bertz CT molecular complexity index is 319. The maximum atomic E-state index is 12.5. The van der Waals surface area contributed by atoms with Gasteiger partial charge in [0.05, 0.1) is 7.11 Å². The molecule has 1 fully saturated rings. The Hall–Kier alpha value is -0.860. The molecule has 0 aliphatic heterocycles. The maximum absolute atomic E-state index is 12.5. The van der Waals surface area contributed by atoms with E-state index in [-0.39, 0.29) is 22.7 Å². The SMILES string of the molecule is COC(=O)CC(C)C1(C)CCCC(C)(C)C1=O. The van der Waals surface area contributed by atoms with Gasteiger partial charge in [0.1, 0.15) is 5.78 Å². The molecule has 17 heavy (non-hydrogen) atoms. The third-order valence-corrected chi connectivity index (χ3v) is 4.42. The molecule has 98 valence electrons. The molecule has 2 atom stereocenters. The fraction of sp³-hybridized carbons (Fsp3) is 0.857. The van der Waals surface area contributed by atoms with Gasteiger partial charge >= 0.3 is 5.97 Å². The van der Waals surface area contributed by atoms with Crippen molar-refractivity contribution in [3.63, 3.8) is 0 Å². The maximum Gasteiger partial charge on any atom is 0.305 e. The smallest absolute Gasteiger partial charge is 0.305 e. The summed E-state index contributed by atoms with van der Waals surface area (Å²) in [5.41, 5.74) is -0.632. The third kappa shape index (κ3) is 2.70. The van der Waals surface area contributed by atoms with E-state index in [0.717, 1.165) is 19.3 Å². The zero-order valence-corrected chi connectivity index (χ0v) is 11.6. The molecular weight excluding hydrogens is 216 g/mol. The lowest BCUT2D eigenvalue weighted by atomic mass is 9.58. The van der Waals surface area contributed by atoms with E-state index in [1.54, 1.807) is 0 Å². The van der Waals surface area contributed by atoms with Crippen molar-refractivity contribution >= 4 is 11.8 Å². The molecule has 0 N–H and O–H groups in total. The molecule has 0 bridgehead atoms. The molecule has 1 saturated carbocycles. The lowest BCUT2D eigenvalue weighted by molar-refractivity contribution is -0.149. The zero-order chi connectivity index (χ0) is 13.3. The van der Waals surface area contributed by atoms with Gasteiger partial charge in [-0.05, 0) is 18.8 Å². The number of ether oxygens (including phenoxy) is 1. The summed E-state index contributed by atoms with van der Waals surface area (Å²) in [6, 6.07) is 0. The molecule has 0 aromatic carbocycles. The van der Waals surface area contributed by atoms with Gasteiger partial charge < -0.3 is 4.74 Å². The van der Waals surface area contributed by atoms with E-state index < -0.39 is 0 Å². The quantitative estimate of drug-likeness (QED) is 0.712. The fourth-order valence-electron chi connectivity index (χ4n) is 2.93. The monoisotopic (exact) mass is 240 g/mol. The first-order valence-corrected chi connectivity index (χ1v) is 6.36. The number of hydrogen-bond donors (Lipinski definition) is 0. The summed E-state index contributed by atoms with van der Waals surface area (Å²) in [6.07, 6.45) is 3.22. The second-order valence-corrected chi connectivity index (χ2v) is 6.17. The minimum Gasteiger partial charge on any atom is -0.469 e. The topological polar surface area (TPSA) is 43.4 Å². The van der Waals surface area contributed by atoms with Crippen molar-refractivity contribution in [2.45, 2.75) is 53.4 Å². The van der Waals surface area contributed by atoms with E-state index in [0.29, 0.717) is 12.2 Å². The van der Waals surface area contributed by atoms with E-state index in [1.807, 2.05) is 27.7 Å². The standard InChI is InChI=1S/C14H24O3/c1-10(9-11(15)17-5)14(4)8-6-7-13(2,3)12(14)16/h10H,6-9H2,1-5H3. The van der Waals surface area contributed by atoms with Gasteiger partial charge in [0, 0.05) is 17.3 Å². The van der Waals surface area contributed by atoms with Crippen LogP contribution in [0.3, 0.4) is 0 Å². The molecule has 2 unspecified atom stereocenters. The highest BCUT2D eigenvalue weighted by Crippen LogP contribution is 2.47. The van der Waals surface area contributed by atoms with Crippen molar-refractivity contribution in [3.05, 3.63) is 0 Å². The van der Waals surface area contributed by atoms with Crippen molar-refractivity contribution in [2.75, 3.05) is 7.11 Å². The molecular formula is C14H24O3. The average Bonchev–Trinajstić information content (AvgIpc) is 2.25. The Morgan fingerprint density at radius 3 is 2.47 bits per heavy atom. The van der Waals surface area contributed by atoms with Crippen molar-refractivity contribution in [1.29, 1.82) is 0 Å². The van der Waals surface area contributed by atoms with Crippen LogP contribution in [-0.4, -0.2) is 18.9 Å². The molecule has 1 rings (SSSR count). The minimum absolute atomic E-state index is 0.0435. The van der Waals surface area contributed by atoms with Crippen molar-refractivity contribution in [1.82, 2.24) is 0 Å². The molecule has 0 saturated heterocycles. The highest BCUT2D eigenvalue weighted by atomic mass is 16.5. The van der Waals surface area contributed by atoms with Crippen LogP contribution in [0, 0.1) is 16.7 Å². The summed E-state index contributed by atoms with van der Waals surface area (Å²) >= 11 is 0. The number of methoxy groups -OCH3 is 1. The Kier molecular flexibility index (Phi) is 4.00. The normalized spacial score (nSPS) is 29.8. The lowest BCUT2D eigenvalue weighted by Gasteiger charge is -2.44. The Morgan fingerprint density at radius 1 is 1.35 bits per heavy atom. The lowest BCUT2D eigenvalue weighted by Crippen LogP contribution is -2.46. The van der Waals surface area contributed by atoms with Crippen LogP contribution >= 0.6 is 0 Å². The predicted molar refractivity (Wildman–Crippen MR) is 66.5 cm³/mol. The second-order valence-electron chi connectivity index (χ2n) is 6.17. The summed E-state index contributed by atoms with van der Waals surface area (Å²) in [5.74, 6) is 0.115. The third-order valence-electron chi connectivity index (χ3n) is 4.42. The van der Waals surface area contributed by atoms with Gasteiger partial charge in [0.2, 0.25) is 0 Å². The molecule has 0 heterocycles. The Morgan fingerprint density at radius 2 is 1.94 bits per heavy atom. The van der Waals surface area contributed by atoms with E-state index in [1.165, 1.54) is 7.11 Å². The molecule has 1 aliphatic rings. The molecule has 0 spiro atoms. The van der Waals surface area contributed by atoms with E-state index in [2.05, 4.69) is 0 Å². The van der Waals surface area contributed by atoms with Gasteiger partial charge in [0.15, 0.2) is 0 Å². The largest absolute Gasteiger partial charge is 0.469 e. The predicted octanol–water partition coefficient (Wildman–Crippen LogP) is 2.97. The Balaban J connectivity index is 2.85. The minimum atomic E-state index is -0.379. The highest BCUT2D eigenvalue weighted by Gasteiger charge is 2.48. The number of esters is 1. The number of ketones is 1. The number of carbonyl (C=O) groups excluding carboxylic acids is 2. The van der Waals surface area contributed by atoms with E-state index >= 15 is 0 Å². The van der Waals surface area contributed by atoms with Crippen LogP contribution in [0.15, 0.2) is 0 Å². The molecule has 0 aromatic rings. The average molecular weight is 240 g/mol. The molecule has 1 aliphatic carbocycles. The van der Waals surface area contributed by atoms with Crippen LogP contribution in [-0.2, 0) is 14.3 Å². The first-order valence-electron chi connectivity index (χ1n) is 6.36. The Labute approximate surface area is 104 Å². The van der Waals surface area contributed by atoms with Crippen LogP contribution in [0.4, 0.5) is 0 Å². The van der Waals surface area contributed by atoms with Crippen LogP contribution < -0.4 is 0 Å². The van der Waals surface area contributed by atoms with E-state index in [4.69, 9.17) is 4.74 Å². The van der Waals surface area contributed by atoms with Gasteiger partial charge in [-0.25, -0.2) is 0 Å². The van der Waals surface area contributed by atoms with Gasteiger partial charge in [-0.1, -0.05) is 34.1 Å². The van der Waals surface area contributed by atoms with Gasteiger partial charge in [-0.15, -0.1) is 0 Å². The summed E-state index contributed by atoms with van der Waals surface area (Å²) < 4.78 is 4.69. The summed E-state index contributed by atoms with van der Waals surface area (Å²) in [7, 11) is 1.39. The van der Waals surface area contributed by atoms with Crippen LogP contribution in [0.25, 0.3) is 0 Å². The first kappa shape index (κ1) is 14.2. The van der Waals surface area contributed by atoms with Crippen LogP contribution in [0.1, 0.15) is 53.4 Å². The first-order chi connectivity index (χ1) is 7.74. The van der Waals surface area contributed by atoms with Gasteiger partial charge in [0.25, 0.3) is 0 Å². The van der Waals surface area contributed by atoms with Gasteiger partial charge in [-0.3, -0.25) is 9.59 Å². The highest BCUT2D eigenvalue weighted by molar-refractivity contribution is 5.90. The van der Waals surface area contributed by atoms with Crippen molar-refractivity contribution in [3.8, 4) is 0 Å². The summed E-state index contributed by atoms with van der Waals surface area (Å²) in [5, 5.41) is 0. The molecule has 0 amide bonds. The molecule has 3 heteroatoms. The van der Waals surface area contributed by atoms with Crippen molar-refractivity contribution in [2.24, 2.45) is 16.7 Å². The number of Topliss-reactive ketones (excluding diaryl/α,β-unsaturated/α-hetero) is 1. The zero-order valence-electron chi connectivity index (χ0n) is 11.6. The molecule has 0 aromatic heterocycles. The summed E-state index contributed by atoms with van der Waals surface area (Å²) in [4.78, 5) is 23.9. The number of hydrogen-bond acceptors (Lipinski definition) is 3. The number of rotatable bonds is 3. The van der Waals surface area contributed by atoms with E-state index in [9.17, 15) is 9.59 Å².